The number of ether oxygens (including phenoxy) is 2. The maximum absolute atomic E-state index is 12.7. The summed E-state index contributed by atoms with van der Waals surface area (Å²) in [5.41, 5.74) is 2.89. The molecule has 3 N–H and O–H groups in total. The molecule has 3 rings (SSSR count). The van der Waals surface area contributed by atoms with Gasteiger partial charge in [-0.25, -0.2) is 9.59 Å². The molecule has 3 atom stereocenters. The fourth-order valence-electron chi connectivity index (χ4n) is 3.46. The number of nitro benzene ring substituents is 1. The average molecular weight is 448 g/mol. The van der Waals surface area contributed by atoms with E-state index in [4.69, 9.17) is 15.4 Å². The fraction of sp³-hybridized carbons (Fsp3) is 0.353. The zero-order chi connectivity index (χ0) is 23.7. The molecule has 1 aliphatic heterocycles. The Morgan fingerprint density at radius 2 is 2.12 bits per heavy atom. The van der Waals surface area contributed by atoms with Gasteiger partial charge >= 0.3 is 11.8 Å². The molecule has 0 unspecified atom stereocenters. The van der Waals surface area contributed by atoms with Gasteiger partial charge in [-0.1, -0.05) is 5.11 Å². The van der Waals surface area contributed by atoms with Crippen molar-refractivity contribution < 1.29 is 29.4 Å². The second-order valence-corrected chi connectivity index (χ2v) is 6.96. The minimum absolute atomic E-state index is 0.0899. The molecular formula is C17H16N6O9. The zero-order valence-corrected chi connectivity index (χ0v) is 16.4. The van der Waals surface area contributed by atoms with Crippen LogP contribution in [-0.4, -0.2) is 49.3 Å². The second kappa shape index (κ2) is 8.14. The summed E-state index contributed by atoms with van der Waals surface area (Å²) >= 11 is 0. The van der Waals surface area contributed by atoms with E-state index >= 15 is 0 Å². The molecule has 1 aromatic carbocycles. The second-order valence-electron chi connectivity index (χ2n) is 6.96. The number of nitrogens with one attached hydrogen (secondary N) is 1. The first-order valence-electron chi connectivity index (χ1n) is 8.92. The van der Waals surface area contributed by atoms with E-state index in [-0.39, 0.29) is 16.8 Å². The van der Waals surface area contributed by atoms with E-state index in [0.717, 1.165) is 22.9 Å². The fourth-order valence-corrected chi connectivity index (χ4v) is 3.46. The number of aromatic amines is 1. The van der Waals surface area contributed by atoms with Crippen LogP contribution in [0.1, 0.15) is 17.5 Å². The first-order valence-corrected chi connectivity index (χ1v) is 8.92. The molecule has 2 aromatic rings. The first-order chi connectivity index (χ1) is 15.0. The van der Waals surface area contributed by atoms with Crippen LogP contribution >= 0.6 is 0 Å². The Labute approximate surface area is 177 Å². The molecule has 1 aromatic heterocycles. The maximum atomic E-state index is 12.7. The van der Waals surface area contributed by atoms with Crippen LogP contribution in [0, 0.1) is 17.0 Å². The number of hydrogen-bond acceptors (Lipinski definition) is 9. The van der Waals surface area contributed by atoms with Gasteiger partial charge in [-0.05, 0) is 24.6 Å². The Balaban J connectivity index is 2.26. The Morgan fingerprint density at radius 1 is 1.47 bits per heavy atom. The normalized spacial score (nSPS) is 24.5. The predicted octanol–water partition coefficient (Wildman–Crippen LogP) is 0.937. The highest BCUT2D eigenvalue weighted by Crippen LogP contribution is 2.46. The van der Waals surface area contributed by atoms with E-state index in [2.05, 4.69) is 19.7 Å². The summed E-state index contributed by atoms with van der Waals surface area (Å²) in [6.07, 6.45) is -2.73. The first kappa shape index (κ1) is 22.5. The summed E-state index contributed by atoms with van der Waals surface area (Å²) in [7, 11) is 0. The van der Waals surface area contributed by atoms with Crippen molar-refractivity contribution in [1.29, 1.82) is 0 Å². The molecule has 2 heterocycles. The van der Waals surface area contributed by atoms with E-state index in [0.29, 0.717) is 0 Å². The molecule has 32 heavy (non-hydrogen) atoms. The number of aliphatic hydroxyl groups is 1. The summed E-state index contributed by atoms with van der Waals surface area (Å²) in [6.45, 7) is 0.634. The lowest BCUT2D eigenvalue weighted by Crippen LogP contribution is -2.46. The largest absolute Gasteiger partial charge is 0.505 e. The third-order valence-electron chi connectivity index (χ3n) is 4.97. The number of hydrogen-bond donors (Lipinski definition) is 3. The predicted molar refractivity (Wildman–Crippen MR) is 104 cm³/mol. The number of carbonyl (C=O) groups is 1. The standard InChI is InChI=1S/C17H16N6O9/c1-9-6-22(14(25)19-13(9)24)17(10-2-4-11(5-3-10)23(29)30)8-16(28,20-21-18)12(32-17)7-31-15(26)27/h2-6,12,28H,7-8H2,1H3,(H,26,27)(H,19,24,25)/t12-,16+,17+/m1/s1. The topological polar surface area (TPSA) is 223 Å². The van der Waals surface area contributed by atoms with Crippen LogP contribution < -0.4 is 11.2 Å². The van der Waals surface area contributed by atoms with E-state index in [1.807, 2.05) is 0 Å². The molecule has 0 radical (unpaired) electrons. The van der Waals surface area contributed by atoms with Crippen LogP contribution in [0.3, 0.4) is 0 Å². The lowest BCUT2D eigenvalue weighted by atomic mass is 9.94. The van der Waals surface area contributed by atoms with E-state index in [1.165, 1.54) is 19.1 Å². The number of aromatic nitrogens is 2. The van der Waals surface area contributed by atoms with Crippen molar-refractivity contribution >= 4 is 11.8 Å². The number of azide groups is 1. The van der Waals surface area contributed by atoms with Crippen LogP contribution in [0.15, 0.2) is 45.2 Å². The molecule has 1 saturated heterocycles. The highest BCUT2D eigenvalue weighted by molar-refractivity contribution is 5.56. The van der Waals surface area contributed by atoms with Gasteiger partial charge in [-0.2, -0.15) is 0 Å². The van der Waals surface area contributed by atoms with Crippen LogP contribution in [0.2, 0.25) is 0 Å². The summed E-state index contributed by atoms with van der Waals surface area (Å²) in [5, 5.41) is 34.1. The van der Waals surface area contributed by atoms with Gasteiger partial charge in [0.2, 0.25) is 0 Å². The molecular weight excluding hydrogens is 432 g/mol. The Morgan fingerprint density at radius 3 is 2.69 bits per heavy atom. The van der Waals surface area contributed by atoms with Gasteiger partial charge in [0, 0.05) is 40.8 Å². The highest BCUT2D eigenvalue weighted by Gasteiger charge is 2.58. The Bertz CT molecular complexity index is 1230. The zero-order valence-electron chi connectivity index (χ0n) is 16.4. The highest BCUT2D eigenvalue weighted by atomic mass is 16.7. The van der Waals surface area contributed by atoms with Gasteiger partial charge in [0.15, 0.2) is 11.4 Å². The van der Waals surface area contributed by atoms with Gasteiger partial charge in [-0.3, -0.25) is 24.5 Å². The Hall–Kier alpha value is -4.20. The summed E-state index contributed by atoms with van der Waals surface area (Å²) in [4.78, 5) is 50.4. The van der Waals surface area contributed by atoms with Crippen molar-refractivity contribution in [2.45, 2.75) is 30.9 Å². The molecule has 0 spiro atoms. The monoisotopic (exact) mass is 448 g/mol. The molecule has 1 aliphatic rings. The third-order valence-corrected chi connectivity index (χ3v) is 4.97. The number of rotatable bonds is 6. The number of carboxylic acid groups (broad SMARTS) is 1. The SMILES string of the molecule is Cc1cn([C@@]2(c3ccc([N+](=O)[O-])cc3)C[C@@](O)(N=[N+]=[N-])[C@@H](COC(=O)O)O2)c(=O)[nH]c1=O. The molecule has 0 amide bonds. The van der Waals surface area contributed by atoms with Crippen molar-refractivity contribution in [2.75, 3.05) is 6.61 Å². The number of non-ortho nitro benzene ring substituents is 1. The van der Waals surface area contributed by atoms with Crippen molar-refractivity contribution in [1.82, 2.24) is 9.55 Å². The van der Waals surface area contributed by atoms with E-state index in [1.54, 1.807) is 0 Å². The van der Waals surface area contributed by atoms with Crippen LogP contribution in [0.4, 0.5) is 10.5 Å². The summed E-state index contributed by atoms with van der Waals surface area (Å²) in [6, 6.07) is 4.75. The number of benzene rings is 1. The molecule has 0 saturated carbocycles. The number of nitrogens with zero attached hydrogens (tertiary/aromatic N) is 5. The van der Waals surface area contributed by atoms with Gasteiger partial charge in [-0.15, -0.1) is 0 Å². The van der Waals surface area contributed by atoms with Crippen LogP contribution in [0.5, 0.6) is 0 Å². The Kier molecular flexibility index (Phi) is 5.72. The van der Waals surface area contributed by atoms with Crippen molar-refractivity contribution in [3.63, 3.8) is 0 Å². The van der Waals surface area contributed by atoms with Crippen LogP contribution in [0.25, 0.3) is 10.4 Å². The molecule has 15 heteroatoms. The van der Waals surface area contributed by atoms with Gasteiger partial charge in [0.25, 0.3) is 11.2 Å². The molecule has 0 bridgehead atoms. The molecule has 0 aliphatic carbocycles. The molecule has 15 nitrogen and oxygen atoms in total. The number of H-pyrrole nitrogens is 1. The smallest absolute Gasteiger partial charge is 0.450 e. The molecule has 168 valence electrons. The average Bonchev–Trinajstić information content (AvgIpc) is 3.02. The minimum Gasteiger partial charge on any atom is -0.450 e. The number of nitro groups is 1. The van der Waals surface area contributed by atoms with E-state index < -0.39 is 52.9 Å². The van der Waals surface area contributed by atoms with Gasteiger partial charge < -0.3 is 19.7 Å². The van der Waals surface area contributed by atoms with E-state index in [9.17, 15) is 29.6 Å². The van der Waals surface area contributed by atoms with Gasteiger partial charge in [0.05, 0.1) is 4.92 Å². The summed E-state index contributed by atoms with van der Waals surface area (Å²) < 4.78 is 11.3. The minimum atomic E-state index is -2.38. The van der Waals surface area contributed by atoms with Crippen molar-refractivity contribution in [3.05, 3.63) is 83.0 Å². The lowest BCUT2D eigenvalue weighted by Gasteiger charge is -2.31. The van der Waals surface area contributed by atoms with Gasteiger partial charge in [0.1, 0.15) is 12.7 Å². The summed E-state index contributed by atoms with van der Waals surface area (Å²) in [5.74, 6) is 0. The molecule has 1 fully saturated rings. The lowest BCUT2D eigenvalue weighted by molar-refractivity contribution is -0.384. The van der Waals surface area contributed by atoms with Crippen molar-refractivity contribution in [2.24, 2.45) is 5.11 Å². The van der Waals surface area contributed by atoms with Crippen molar-refractivity contribution in [3.8, 4) is 0 Å². The number of aryl methyl sites for hydroxylation is 1. The maximum Gasteiger partial charge on any atom is 0.505 e. The van der Waals surface area contributed by atoms with Crippen LogP contribution in [-0.2, 0) is 15.2 Å². The quantitative estimate of drug-likeness (QED) is 0.142. The third kappa shape index (κ3) is 3.90.